The predicted octanol–water partition coefficient (Wildman–Crippen LogP) is 6.74. The Morgan fingerprint density at radius 1 is 0.885 bits per heavy atom. The fourth-order valence-corrected chi connectivity index (χ4v) is 2.62. The van der Waals surface area contributed by atoms with E-state index in [-0.39, 0.29) is 31.5 Å². The molecule has 2 aromatic carbocycles. The zero-order valence-corrected chi connectivity index (χ0v) is 27.3. The number of rotatable bonds is 0. The zero-order chi connectivity index (χ0) is 21.0. The van der Waals surface area contributed by atoms with Crippen molar-refractivity contribution in [2.45, 2.75) is 0 Å². The summed E-state index contributed by atoms with van der Waals surface area (Å²) in [4.78, 5) is 0. The second-order valence-corrected chi connectivity index (χ2v) is 22.4. The van der Waals surface area contributed by atoms with Crippen LogP contribution in [0.15, 0.2) is 22.7 Å². The van der Waals surface area contributed by atoms with E-state index in [1.54, 1.807) is 0 Å². The van der Waals surface area contributed by atoms with E-state index in [1.807, 2.05) is 0 Å². The summed E-state index contributed by atoms with van der Waals surface area (Å²) in [6, 6.07) is 4.17. The van der Waals surface area contributed by atoms with Crippen LogP contribution in [-0.4, -0.2) is 0 Å². The zero-order valence-electron chi connectivity index (χ0n) is 11.9. The standard InChI is InChI=1S/C6H3BrCl2FN.C6H4Cl2FN.I3.I2/c7-2-1-3(8)5(10)4(9)6(2)11;7-3-1-2-4(10)5(8)6(3)9;1-3-2;1-2/h1H,11H2;1-2H,10H2;;/q;;-1;. The van der Waals surface area contributed by atoms with Crippen LogP contribution < -0.4 is 24.7 Å². The van der Waals surface area contributed by atoms with E-state index in [0.29, 0.717) is 17.7 Å². The third-order valence-electron chi connectivity index (χ3n) is 2.21. The molecule has 2 nitrogen and oxygen atoms in total. The van der Waals surface area contributed by atoms with Crippen LogP contribution in [0.1, 0.15) is 0 Å². The van der Waals surface area contributed by atoms with Gasteiger partial charge in [-0.1, -0.05) is 46.4 Å². The molecule has 26 heavy (non-hydrogen) atoms. The summed E-state index contributed by atoms with van der Waals surface area (Å²) in [5, 5.41) is -0.327. The molecular weight excluding hydrogens is 1070 g/mol. The van der Waals surface area contributed by atoms with Crippen LogP contribution in [0.3, 0.4) is 0 Å². The van der Waals surface area contributed by atoms with Crippen molar-refractivity contribution in [3.63, 3.8) is 0 Å². The molecule has 0 saturated carbocycles. The van der Waals surface area contributed by atoms with E-state index in [2.05, 4.69) is 90.4 Å². The molecule has 2 rings (SSSR count). The van der Waals surface area contributed by atoms with Gasteiger partial charge in [0.25, 0.3) is 0 Å². The van der Waals surface area contributed by atoms with E-state index >= 15 is 0 Å². The Balaban J connectivity index is 0. The number of hydrogen-bond acceptors (Lipinski definition) is 2. The van der Waals surface area contributed by atoms with Crippen molar-refractivity contribution in [3.8, 4) is 0 Å². The van der Waals surface area contributed by atoms with Gasteiger partial charge in [0.05, 0.1) is 21.4 Å². The molecule has 0 aromatic heterocycles. The van der Waals surface area contributed by atoms with Gasteiger partial charge < -0.3 is 11.5 Å². The van der Waals surface area contributed by atoms with Crippen molar-refractivity contribution in [1.29, 1.82) is 0 Å². The third-order valence-corrected chi connectivity index (χ3v) is 4.19. The number of benzene rings is 2. The van der Waals surface area contributed by atoms with Gasteiger partial charge in [0.15, 0.2) is 11.6 Å². The van der Waals surface area contributed by atoms with Gasteiger partial charge in [-0.25, -0.2) is 8.78 Å². The van der Waals surface area contributed by atoms with Gasteiger partial charge >= 0.3 is 50.5 Å². The Kier molecular flexibility index (Phi) is 21.5. The molecule has 14 heteroatoms. The van der Waals surface area contributed by atoms with Gasteiger partial charge in [-0.15, -0.1) is 0 Å². The van der Waals surface area contributed by atoms with Crippen molar-refractivity contribution in [2.75, 3.05) is 11.5 Å². The Labute approximate surface area is 231 Å². The second-order valence-electron chi connectivity index (χ2n) is 3.70. The molecule has 0 radical (unpaired) electrons. The summed E-state index contributed by atoms with van der Waals surface area (Å²) < 4.78 is 25.9. The molecule has 0 spiro atoms. The molecule has 150 valence electrons. The van der Waals surface area contributed by atoms with Crippen molar-refractivity contribution in [3.05, 3.63) is 54.4 Å². The maximum atomic E-state index is 12.8. The van der Waals surface area contributed by atoms with E-state index in [4.69, 9.17) is 57.9 Å². The van der Waals surface area contributed by atoms with Gasteiger partial charge in [-0.2, -0.15) is 0 Å². The van der Waals surface area contributed by atoms with Crippen LogP contribution in [0.2, 0.25) is 20.1 Å². The van der Waals surface area contributed by atoms with Crippen molar-refractivity contribution >= 4 is 148 Å². The third kappa shape index (κ3) is 11.5. The second kappa shape index (κ2) is 17.8. The van der Waals surface area contributed by atoms with E-state index in [1.165, 1.54) is 18.2 Å². The summed E-state index contributed by atoms with van der Waals surface area (Å²) in [7, 11) is 0. The van der Waals surface area contributed by atoms with Gasteiger partial charge in [0, 0.05) is 41.7 Å². The molecule has 0 fully saturated rings. The fourth-order valence-electron chi connectivity index (χ4n) is 1.12. The molecule has 0 amide bonds. The Hall–Kier alpha value is 3.19. The van der Waals surface area contributed by atoms with Crippen LogP contribution >= 0.6 is 137 Å². The van der Waals surface area contributed by atoms with Crippen molar-refractivity contribution < 1.29 is 22.0 Å². The molecule has 0 atom stereocenters. The van der Waals surface area contributed by atoms with Crippen LogP contribution in [0.5, 0.6) is 0 Å². The first kappa shape index (κ1) is 31.4. The largest absolute Gasteiger partial charge is 0.397 e. The molecule has 0 bridgehead atoms. The first-order valence-electron chi connectivity index (χ1n) is 5.57. The minimum atomic E-state index is -0.686. The quantitative estimate of drug-likeness (QED) is 0.133. The molecule has 0 unspecified atom stereocenters. The number of anilines is 2. The Morgan fingerprint density at radius 2 is 1.31 bits per heavy atom. The summed E-state index contributed by atoms with van der Waals surface area (Å²) in [5.41, 5.74) is 11.0. The molecular formula is C12H7BrCl4F2I5N2-. The van der Waals surface area contributed by atoms with E-state index in [9.17, 15) is 8.78 Å². The molecule has 0 aliphatic rings. The van der Waals surface area contributed by atoms with Crippen molar-refractivity contribution in [2.24, 2.45) is 0 Å². The van der Waals surface area contributed by atoms with Gasteiger partial charge in [-0.3, -0.25) is 0 Å². The monoisotopic (exact) mass is 1070 g/mol. The number of halogens is 12. The normalized spacial score (nSPS) is 9.19. The smallest absolute Gasteiger partial charge is 0.162 e. The Morgan fingerprint density at radius 3 is 1.73 bits per heavy atom. The van der Waals surface area contributed by atoms with E-state index in [0.717, 1.165) is 0 Å². The molecule has 0 aliphatic heterocycles. The molecule has 0 saturated heterocycles. The first-order chi connectivity index (χ1) is 12.1. The van der Waals surface area contributed by atoms with Crippen LogP contribution in [-0.2, 0) is 0 Å². The summed E-state index contributed by atoms with van der Waals surface area (Å²) in [6.07, 6.45) is 0. The number of nitrogens with two attached hydrogens (primary N) is 2. The molecule has 2 aromatic rings. The Bertz CT molecular complexity index is 663. The van der Waals surface area contributed by atoms with Crippen LogP contribution in [0.25, 0.3) is 0 Å². The summed E-state index contributed by atoms with van der Waals surface area (Å²) in [6.45, 7) is 0. The van der Waals surface area contributed by atoms with Crippen LogP contribution in [0, 0.1) is 11.6 Å². The first-order valence-corrected chi connectivity index (χ1v) is 26.7. The average molecular weight is 1070 g/mol. The van der Waals surface area contributed by atoms with Gasteiger partial charge in [0.2, 0.25) is 0 Å². The van der Waals surface area contributed by atoms with Crippen molar-refractivity contribution in [1.82, 2.24) is 0 Å². The number of hydrogen-bond donors (Lipinski definition) is 2. The van der Waals surface area contributed by atoms with E-state index < -0.39 is 11.6 Å². The minimum Gasteiger partial charge on any atom is -0.397 e. The molecule has 0 heterocycles. The SMILES string of the molecule is II.I[I-]I.Nc1c(Br)cc(Cl)c(F)c1Cl.Nc1ccc(Cl)c(F)c1Cl. The maximum absolute atomic E-state index is 12.8. The molecule has 4 N–H and O–H groups in total. The minimum absolute atomic E-state index is 0.0146. The van der Waals surface area contributed by atoms with Gasteiger partial charge in [-0.05, 0) is 34.1 Å². The average Bonchev–Trinajstić information content (AvgIpc) is 2.63. The topological polar surface area (TPSA) is 52.0 Å². The maximum Gasteiger partial charge on any atom is 0.162 e. The summed E-state index contributed by atoms with van der Waals surface area (Å²) in [5.74, 6) is -1.35. The van der Waals surface area contributed by atoms with Crippen LogP contribution in [0.4, 0.5) is 20.2 Å². The van der Waals surface area contributed by atoms with Gasteiger partial charge in [0.1, 0.15) is 10.0 Å². The number of nitrogen functional groups attached to an aromatic ring is 2. The summed E-state index contributed by atoms with van der Waals surface area (Å²) >= 11 is 34.3. The molecule has 0 aliphatic carbocycles. The predicted molar refractivity (Wildman–Crippen MR) is 145 cm³/mol. The fraction of sp³-hybridized carbons (Fsp3) is 0.